The molecule has 2 N–H and O–H groups in total. The maximum absolute atomic E-state index is 13.9. The van der Waals surface area contributed by atoms with Crippen molar-refractivity contribution in [2.24, 2.45) is 11.8 Å². The molecule has 220 valence electrons. The lowest BCUT2D eigenvalue weighted by atomic mass is 9.90. The van der Waals surface area contributed by atoms with Crippen molar-refractivity contribution in [3.63, 3.8) is 0 Å². The monoisotopic (exact) mass is 587 g/mol. The van der Waals surface area contributed by atoms with Crippen LogP contribution in [-0.4, -0.2) is 57.5 Å². The molecule has 0 spiro atoms. The van der Waals surface area contributed by atoms with Gasteiger partial charge in [0.2, 0.25) is 5.91 Å². The number of carbonyl (C=O) groups is 3. The number of aliphatic carboxylic acids is 1. The molecule has 3 amide bonds. The first-order valence-electron chi connectivity index (χ1n) is 15.0. The molecule has 1 saturated heterocycles. The Hall–Kier alpha value is -3.79. The van der Waals surface area contributed by atoms with Crippen LogP contribution in [0.25, 0.3) is 22.4 Å². The Bertz CT molecular complexity index is 1450. The molecule has 0 bridgehead atoms. The molecule has 3 aliphatic rings. The van der Waals surface area contributed by atoms with E-state index in [1.807, 2.05) is 48.0 Å². The first-order valence-corrected chi connectivity index (χ1v) is 15.8. The number of carbonyl (C=O) groups excluding carboxylic acids is 2. The molecule has 3 aromatic rings. The van der Waals surface area contributed by atoms with Crippen LogP contribution in [0, 0.1) is 11.8 Å². The second kappa shape index (κ2) is 12.2. The molecule has 2 saturated carbocycles. The molecular formula is C32H37N5O4S. The number of thiazole rings is 1. The summed E-state index contributed by atoms with van der Waals surface area (Å²) in [6.07, 6.45) is 9.45. The van der Waals surface area contributed by atoms with Crippen LogP contribution in [0.1, 0.15) is 69.5 Å². The van der Waals surface area contributed by atoms with Gasteiger partial charge >= 0.3 is 12.0 Å². The Labute approximate surface area is 250 Å². The minimum absolute atomic E-state index is 0.0614. The molecule has 2 aromatic heterocycles. The predicted molar refractivity (Wildman–Crippen MR) is 162 cm³/mol. The molecule has 1 aromatic carbocycles. The van der Waals surface area contributed by atoms with Crippen molar-refractivity contribution in [3.8, 4) is 22.4 Å². The molecule has 9 nitrogen and oxygen atoms in total. The fourth-order valence-corrected chi connectivity index (χ4v) is 7.33. The minimum Gasteiger partial charge on any atom is -0.481 e. The van der Waals surface area contributed by atoms with Gasteiger partial charge in [-0.25, -0.2) is 9.78 Å². The zero-order chi connectivity index (χ0) is 29.2. The second-order valence-corrected chi connectivity index (χ2v) is 12.6. The summed E-state index contributed by atoms with van der Waals surface area (Å²) in [6.45, 7) is 0.629. The smallest absolute Gasteiger partial charge is 0.317 e. The summed E-state index contributed by atoms with van der Waals surface area (Å²) in [7, 11) is 1.79. The number of hydrogen-bond acceptors (Lipinski definition) is 6. The number of nitrogens with zero attached hydrogens (tertiary/aromatic N) is 4. The fourth-order valence-electron chi connectivity index (χ4n) is 6.43. The van der Waals surface area contributed by atoms with E-state index in [1.54, 1.807) is 16.8 Å². The van der Waals surface area contributed by atoms with Gasteiger partial charge in [-0.2, -0.15) is 0 Å². The van der Waals surface area contributed by atoms with Gasteiger partial charge in [-0.05, 0) is 43.2 Å². The highest BCUT2D eigenvalue weighted by molar-refractivity contribution is 7.14. The summed E-state index contributed by atoms with van der Waals surface area (Å²) in [5.41, 5.74) is 4.51. The number of hydrogen-bond donors (Lipinski definition) is 2. The Morgan fingerprint density at radius 1 is 1.10 bits per heavy atom. The van der Waals surface area contributed by atoms with E-state index in [0.717, 1.165) is 73.0 Å². The van der Waals surface area contributed by atoms with Crippen molar-refractivity contribution in [1.29, 1.82) is 0 Å². The van der Waals surface area contributed by atoms with Gasteiger partial charge in [0.25, 0.3) is 0 Å². The third kappa shape index (κ3) is 6.04. The Morgan fingerprint density at radius 2 is 1.86 bits per heavy atom. The SMILES string of the molecule is CN1C(=O)NCCC1c1ccc(-c2ccccc2-c2csc(N(C(=O)[C@@H](CC(=O)O)CC3CCCC3)C3CC3)n2)cn1. The standard InChI is InChI=1S/C32H37N5O4S/c1-36-28(14-15-33-31(36)41)26-13-10-21(18-34-26)24-8-4-5-9-25(24)27-19-42-32(35-27)37(23-11-12-23)30(40)22(17-29(38)39)16-20-6-2-3-7-20/h4-5,8-10,13,18-20,22-23,28H,2-3,6-7,11-12,14-17H2,1H3,(H,33,41)(H,38,39)/t22-,28?/m1/s1. The number of anilines is 1. The van der Waals surface area contributed by atoms with Gasteiger partial charge in [-0.3, -0.25) is 19.5 Å². The Morgan fingerprint density at radius 3 is 2.55 bits per heavy atom. The van der Waals surface area contributed by atoms with Gasteiger partial charge in [-0.1, -0.05) is 56.0 Å². The van der Waals surface area contributed by atoms with Crippen molar-refractivity contribution in [2.45, 2.75) is 69.9 Å². The predicted octanol–water partition coefficient (Wildman–Crippen LogP) is 6.12. The van der Waals surface area contributed by atoms with Crippen LogP contribution in [0.5, 0.6) is 0 Å². The largest absolute Gasteiger partial charge is 0.481 e. The van der Waals surface area contributed by atoms with E-state index in [4.69, 9.17) is 9.97 Å². The number of benzene rings is 1. The molecule has 10 heteroatoms. The lowest BCUT2D eigenvalue weighted by molar-refractivity contribution is -0.141. The van der Waals surface area contributed by atoms with Gasteiger partial charge in [0.1, 0.15) is 0 Å². The van der Waals surface area contributed by atoms with Crippen molar-refractivity contribution >= 4 is 34.4 Å². The summed E-state index contributed by atoms with van der Waals surface area (Å²) in [6, 6.07) is 12.0. The minimum atomic E-state index is -0.922. The second-order valence-electron chi connectivity index (χ2n) is 11.8. The number of urea groups is 1. The van der Waals surface area contributed by atoms with Gasteiger partial charge in [0.15, 0.2) is 5.13 Å². The fraction of sp³-hybridized carbons (Fsp3) is 0.469. The lowest BCUT2D eigenvalue weighted by Crippen LogP contribution is -2.46. The van der Waals surface area contributed by atoms with Crippen molar-refractivity contribution < 1.29 is 19.5 Å². The topological polar surface area (TPSA) is 116 Å². The highest BCUT2D eigenvalue weighted by Gasteiger charge is 2.40. The number of aromatic nitrogens is 2. The van der Waals surface area contributed by atoms with Crippen LogP contribution < -0.4 is 10.2 Å². The average molecular weight is 588 g/mol. The van der Waals surface area contributed by atoms with Crippen LogP contribution in [0.4, 0.5) is 9.93 Å². The Balaban J connectivity index is 1.25. The van der Waals surface area contributed by atoms with E-state index in [1.165, 1.54) is 11.3 Å². The lowest BCUT2D eigenvalue weighted by Gasteiger charge is -2.32. The van der Waals surface area contributed by atoms with E-state index in [-0.39, 0.29) is 30.4 Å². The van der Waals surface area contributed by atoms with Crippen LogP contribution in [0.3, 0.4) is 0 Å². The van der Waals surface area contributed by atoms with Gasteiger partial charge in [-0.15, -0.1) is 11.3 Å². The van der Waals surface area contributed by atoms with E-state index < -0.39 is 11.9 Å². The van der Waals surface area contributed by atoms with Crippen molar-refractivity contribution in [1.82, 2.24) is 20.2 Å². The third-order valence-electron chi connectivity index (χ3n) is 8.83. The highest BCUT2D eigenvalue weighted by Crippen LogP contribution is 2.41. The molecule has 3 heterocycles. The van der Waals surface area contributed by atoms with E-state index in [9.17, 15) is 19.5 Å². The number of pyridine rings is 1. The third-order valence-corrected chi connectivity index (χ3v) is 9.67. The van der Waals surface area contributed by atoms with E-state index in [2.05, 4.69) is 5.32 Å². The summed E-state index contributed by atoms with van der Waals surface area (Å²) in [5, 5.41) is 15.1. The van der Waals surface area contributed by atoms with Crippen molar-refractivity contribution in [2.75, 3.05) is 18.5 Å². The molecule has 42 heavy (non-hydrogen) atoms. The molecular weight excluding hydrogens is 550 g/mol. The van der Waals surface area contributed by atoms with Crippen LogP contribution in [0.2, 0.25) is 0 Å². The summed E-state index contributed by atoms with van der Waals surface area (Å²) < 4.78 is 0. The quantitative estimate of drug-likeness (QED) is 0.295. The molecule has 3 fully saturated rings. The maximum Gasteiger partial charge on any atom is 0.317 e. The first kappa shape index (κ1) is 28.3. The summed E-state index contributed by atoms with van der Waals surface area (Å²) in [5.74, 6) is -1.12. The first-order chi connectivity index (χ1) is 20.4. The zero-order valence-corrected chi connectivity index (χ0v) is 24.7. The van der Waals surface area contributed by atoms with Crippen LogP contribution in [0.15, 0.2) is 48.0 Å². The molecule has 1 aliphatic heterocycles. The van der Waals surface area contributed by atoms with E-state index >= 15 is 0 Å². The molecule has 1 unspecified atom stereocenters. The van der Waals surface area contributed by atoms with Crippen LogP contribution in [-0.2, 0) is 9.59 Å². The normalized spacial score (nSPS) is 19.9. The number of nitrogens with one attached hydrogen (secondary N) is 1. The number of carboxylic acid groups (broad SMARTS) is 1. The summed E-state index contributed by atoms with van der Waals surface area (Å²) in [4.78, 5) is 50.9. The highest BCUT2D eigenvalue weighted by atomic mass is 32.1. The molecule has 2 atom stereocenters. The molecule has 2 aliphatic carbocycles. The maximum atomic E-state index is 13.9. The van der Waals surface area contributed by atoms with Crippen LogP contribution >= 0.6 is 11.3 Å². The number of carboxylic acids is 1. The zero-order valence-electron chi connectivity index (χ0n) is 23.9. The van der Waals surface area contributed by atoms with Gasteiger partial charge in [0, 0.05) is 48.3 Å². The van der Waals surface area contributed by atoms with Gasteiger partial charge in [0.05, 0.1) is 23.9 Å². The number of amides is 3. The molecule has 0 radical (unpaired) electrons. The van der Waals surface area contributed by atoms with Gasteiger partial charge < -0.3 is 15.3 Å². The van der Waals surface area contributed by atoms with Crippen molar-refractivity contribution in [3.05, 3.63) is 53.7 Å². The van der Waals surface area contributed by atoms with E-state index in [0.29, 0.717) is 24.0 Å². The number of rotatable bonds is 10. The average Bonchev–Trinajstić information content (AvgIpc) is 3.46. The molecule has 6 rings (SSSR count). The summed E-state index contributed by atoms with van der Waals surface area (Å²) >= 11 is 1.44. The Kier molecular flexibility index (Phi) is 8.24.